The van der Waals surface area contributed by atoms with Crippen LogP contribution in [-0.2, 0) is 16.0 Å². The lowest BCUT2D eigenvalue weighted by molar-refractivity contribution is -0.145. The normalized spacial score (nSPS) is 12.2. The van der Waals surface area contributed by atoms with E-state index in [4.69, 9.17) is 4.74 Å². The van der Waals surface area contributed by atoms with E-state index in [-0.39, 0.29) is 12.1 Å². The molecular weight excluding hydrogens is 164 g/mol. The highest BCUT2D eigenvalue weighted by molar-refractivity contribution is 5.66. The zero-order valence-electron chi connectivity index (χ0n) is 7.99. The van der Waals surface area contributed by atoms with E-state index in [1.54, 1.807) is 0 Å². The number of ether oxygens (including phenoxy) is 1. The van der Waals surface area contributed by atoms with Crippen molar-refractivity contribution in [2.75, 3.05) is 0 Å². The van der Waals surface area contributed by atoms with Crippen LogP contribution in [0, 0.1) is 0 Å². The summed E-state index contributed by atoms with van der Waals surface area (Å²) in [7, 11) is 0. The predicted molar refractivity (Wildman–Crippen MR) is 51.4 cm³/mol. The van der Waals surface area contributed by atoms with Gasteiger partial charge in [0.25, 0.3) is 0 Å². The molecule has 0 radical (unpaired) electrons. The second kappa shape index (κ2) is 4.65. The van der Waals surface area contributed by atoms with Gasteiger partial charge in [0.05, 0.1) is 0 Å². The van der Waals surface area contributed by atoms with Crippen LogP contribution in [0.3, 0.4) is 0 Å². The second-order valence-electron chi connectivity index (χ2n) is 3.11. The predicted octanol–water partition coefficient (Wildman–Crippen LogP) is 2.18. The topological polar surface area (TPSA) is 26.3 Å². The Morgan fingerprint density at radius 2 is 2.00 bits per heavy atom. The molecule has 0 aromatic heterocycles. The van der Waals surface area contributed by atoms with E-state index in [9.17, 15) is 4.79 Å². The molecule has 0 aliphatic carbocycles. The van der Waals surface area contributed by atoms with Crippen molar-refractivity contribution in [2.45, 2.75) is 26.4 Å². The minimum atomic E-state index is -0.219. The van der Waals surface area contributed by atoms with E-state index in [1.165, 1.54) is 12.5 Å². The standard InChI is InChI=1S/C11H14O2/c1-9(13-10(2)12)8-11-6-4-3-5-7-11/h3-7,9H,8H2,1-2H3/t9-/m1/s1. The van der Waals surface area contributed by atoms with Crippen LogP contribution in [0.5, 0.6) is 0 Å². The van der Waals surface area contributed by atoms with Crippen molar-refractivity contribution in [3.8, 4) is 0 Å². The summed E-state index contributed by atoms with van der Waals surface area (Å²) >= 11 is 0. The van der Waals surface area contributed by atoms with Gasteiger partial charge in [0, 0.05) is 13.3 Å². The number of hydrogen-bond donors (Lipinski definition) is 0. The Morgan fingerprint density at radius 3 is 2.54 bits per heavy atom. The summed E-state index contributed by atoms with van der Waals surface area (Å²) in [4.78, 5) is 10.6. The molecule has 2 nitrogen and oxygen atoms in total. The fraction of sp³-hybridized carbons (Fsp3) is 0.364. The minimum Gasteiger partial charge on any atom is -0.463 e. The van der Waals surface area contributed by atoms with Crippen molar-refractivity contribution in [3.05, 3.63) is 35.9 Å². The third kappa shape index (κ3) is 3.74. The van der Waals surface area contributed by atoms with Gasteiger partial charge in [-0.2, -0.15) is 0 Å². The quantitative estimate of drug-likeness (QED) is 0.663. The number of carbonyl (C=O) groups excluding carboxylic acids is 1. The van der Waals surface area contributed by atoms with Gasteiger partial charge < -0.3 is 4.74 Å². The van der Waals surface area contributed by atoms with Crippen molar-refractivity contribution in [2.24, 2.45) is 0 Å². The van der Waals surface area contributed by atoms with Crippen LogP contribution >= 0.6 is 0 Å². The van der Waals surface area contributed by atoms with Gasteiger partial charge in [-0.15, -0.1) is 0 Å². The van der Waals surface area contributed by atoms with E-state index >= 15 is 0 Å². The largest absolute Gasteiger partial charge is 0.463 e. The number of carbonyl (C=O) groups is 1. The maximum atomic E-state index is 10.6. The third-order valence-electron chi connectivity index (χ3n) is 1.73. The third-order valence-corrected chi connectivity index (χ3v) is 1.73. The summed E-state index contributed by atoms with van der Waals surface area (Å²) < 4.78 is 5.02. The van der Waals surface area contributed by atoms with Crippen LogP contribution in [0.25, 0.3) is 0 Å². The van der Waals surface area contributed by atoms with Gasteiger partial charge in [-0.05, 0) is 12.5 Å². The molecule has 1 aromatic rings. The van der Waals surface area contributed by atoms with Gasteiger partial charge >= 0.3 is 5.97 Å². The number of hydrogen-bond acceptors (Lipinski definition) is 2. The van der Waals surface area contributed by atoms with E-state index in [1.807, 2.05) is 37.3 Å². The van der Waals surface area contributed by atoms with Crippen molar-refractivity contribution < 1.29 is 9.53 Å². The van der Waals surface area contributed by atoms with Gasteiger partial charge in [0.2, 0.25) is 0 Å². The summed E-state index contributed by atoms with van der Waals surface area (Å²) in [5, 5.41) is 0. The maximum Gasteiger partial charge on any atom is 0.302 e. The molecule has 13 heavy (non-hydrogen) atoms. The van der Waals surface area contributed by atoms with Crippen molar-refractivity contribution in [1.29, 1.82) is 0 Å². The van der Waals surface area contributed by atoms with Gasteiger partial charge in [0.15, 0.2) is 0 Å². The van der Waals surface area contributed by atoms with Crippen LogP contribution in [0.4, 0.5) is 0 Å². The van der Waals surface area contributed by atoms with Crippen LogP contribution in [-0.4, -0.2) is 12.1 Å². The first-order valence-electron chi connectivity index (χ1n) is 4.39. The highest BCUT2D eigenvalue weighted by atomic mass is 16.5. The molecule has 0 bridgehead atoms. The first kappa shape index (κ1) is 9.78. The molecule has 1 aromatic carbocycles. The Morgan fingerprint density at radius 1 is 1.38 bits per heavy atom. The summed E-state index contributed by atoms with van der Waals surface area (Å²) in [6.45, 7) is 3.33. The van der Waals surface area contributed by atoms with Gasteiger partial charge in [-0.1, -0.05) is 30.3 Å². The second-order valence-corrected chi connectivity index (χ2v) is 3.11. The Bertz CT molecular complexity index is 267. The first-order chi connectivity index (χ1) is 6.18. The lowest BCUT2D eigenvalue weighted by Gasteiger charge is -2.11. The van der Waals surface area contributed by atoms with Crippen molar-refractivity contribution in [3.63, 3.8) is 0 Å². The number of esters is 1. The lowest BCUT2D eigenvalue weighted by Crippen LogP contribution is -2.14. The smallest absolute Gasteiger partial charge is 0.302 e. The molecule has 0 heterocycles. The van der Waals surface area contributed by atoms with Crippen LogP contribution in [0.15, 0.2) is 30.3 Å². The molecule has 1 rings (SSSR count). The van der Waals surface area contributed by atoms with E-state index in [2.05, 4.69) is 0 Å². The van der Waals surface area contributed by atoms with Gasteiger partial charge in [-0.3, -0.25) is 4.79 Å². The van der Waals surface area contributed by atoms with E-state index in [0.29, 0.717) is 0 Å². The highest BCUT2D eigenvalue weighted by Gasteiger charge is 2.05. The van der Waals surface area contributed by atoms with Crippen LogP contribution in [0.1, 0.15) is 19.4 Å². The number of benzene rings is 1. The van der Waals surface area contributed by atoms with Crippen LogP contribution < -0.4 is 0 Å². The first-order valence-corrected chi connectivity index (χ1v) is 4.39. The molecule has 0 aliphatic rings. The molecule has 70 valence electrons. The van der Waals surface area contributed by atoms with E-state index < -0.39 is 0 Å². The monoisotopic (exact) mass is 178 g/mol. The van der Waals surface area contributed by atoms with Gasteiger partial charge in [0.1, 0.15) is 6.10 Å². The molecule has 2 heteroatoms. The average Bonchev–Trinajstić information content (AvgIpc) is 2.04. The fourth-order valence-electron chi connectivity index (χ4n) is 1.27. The van der Waals surface area contributed by atoms with Crippen molar-refractivity contribution >= 4 is 5.97 Å². The Balaban J connectivity index is 2.45. The SMILES string of the molecule is CC(=O)O[C@H](C)Cc1ccccc1. The fourth-order valence-corrected chi connectivity index (χ4v) is 1.27. The molecule has 0 saturated carbocycles. The van der Waals surface area contributed by atoms with Gasteiger partial charge in [-0.25, -0.2) is 0 Å². The molecular formula is C11H14O2. The number of rotatable bonds is 3. The molecule has 0 saturated heterocycles. The highest BCUT2D eigenvalue weighted by Crippen LogP contribution is 2.05. The lowest BCUT2D eigenvalue weighted by atomic mass is 10.1. The summed E-state index contributed by atoms with van der Waals surface area (Å²) in [6.07, 6.45) is 0.736. The molecule has 0 aliphatic heterocycles. The zero-order valence-corrected chi connectivity index (χ0v) is 7.99. The molecule has 0 amide bonds. The molecule has 0 N–H and O–H groups in total. The summed E-state index contributed by atoms with van der Waals surface area (Å²) in [6, 6.07) is 9.99. The average molecular weight is 178 g/mol. The Labute approximate surface area is 78.5 Å². The summed E-state index contributed by atoms with van der Waals surface area (Å²) in [5.41, 5.74) is 1.19. The van der Waals surface area contributed by atoms with E-state index in [0.717, 1.165) is 6.42 Å². The van der Waals surface area contributed by atoms with Crippen molar-refractivity contribution in [1.82, 2.24) is 0 Å². The molecule has 0 spiro atoms. The summed E-state index contributed by atoms with van der Waals surface area (Å²) in [5.74, 6) is -0.219. The van der Waals surface area contributed by atoms with Crippen LogP contribution in [0.2, 0.25) is 0 Å². The maximum absolute atomic E-state index is 10.6. The molecule has 0 fully saturated rings. The molecule has 1 atom stereocenters. The zero-order chi connectivity index (χ0) is 9.68. The minimum absolute atomic E-state index is 0.0418. The Kier molecular flexibility index (Phi) is 3.50. The Hall–Kier alpha value is -1.31. The molecule has 0 unspecified atom stereocenters.